The molecule has 0 saturated heterocycles. The van der Waals surface area contributed by atoms with Gasteiger partial charge in [0.15, 0.2) is 0 Å². The van der Waals surface area contributed by atoms with Crippen molar-refractivity contribution in [1.29, 1.82) is 0 Å². The molecule has 0 N–H and O–H groups in total. The Morgan fingerprint density at radius 3 is 2.17 bits per heavy atom. The number of hydrogen-bond acceptors (Lipinski definition) is 3. The van der Waals surface area contributed by atoms with Crippen LogP contribution < -0.4 is 0 Å². The lowest BCUT2D eigenvalue weighted by Crippen LogP contribution is -1.83. The van der Waals surface area contributed by atoms with Gasteiger partial charge in [0.2, 0.25) is 0 Å². The van der Waals surface area contributed by atoms with Crippen LogP contribution in [0.25, 0.3) is 0 Å². The van der Waals surface area contributed by atoms with Crippen LogP contribution >= 0.6 is 0 Å². The number of thiol groups is 1. The zero-order chi connectivity index (χ0) is 4.99. The Bertz CT molecular complexity index is 76.8. The van der Waals surface area contributed by atoms with Crippen LogP contribution in [-0.2, 0) is 15.2 Å². The van der Waals surface area contributed by atoms with Gasteiger partial charge in [0.25, 0.3) is 11.0 Å². The topological polar surface area (TPSA) is 43.4 Å². The fourth-order valence-corrected chi connectivity index (χ4v) is 0.224. The third kappa shape index (κ3) is 3.91. The quantitative estimate of drug-likeness (QED) is 0.480. The van der Waals surface area contributed by atoms with Gasteiger partial charge in [-0.1, -0.05) is 0 Å². The summed E-state index contributed by atoms with van der Waals surface area (Å²) >= 11 is 0. The standard InChI is InChI=1S/C2H5O3S/c1-2-5-6(3)4/h6H,1-2H2. The average Bonchev–Trinajstić information content (AvgIpc) is 1.35. The first-order chi connectivity index (χ1) is 2.77. The van der Waals surface area contributed by atoms with Gasteiger partial charge in [-0.05, 0) is 6.92 Å². The minimum Gasteiger partial charge on any atom is -0.272 e. The SMILES string of the molecule is [CH2]CO[SH](=O)=O. The molecule has 0 aliphatic carbocycles. The predicted molar refractivity (Wildman–Crippen MR) is 21.6 cm³/mol. The first-order valence-corrected chi connectivity index (χ1v) is 2.43. The lowest BCUT2D eigenvalue weighted by Gasteiger charge is -1.77. The highest BCUT2D eigenvalue weighted by molar-refractivity contribution is 7.67. The molecule has 0 aromatic heterocycles. The molecule has 0 atom stereocenters. The highest BCUT2D eigenvalue weighted by Crippen LogP contribution is 1.64. The maximum atomic E-state index is 9.37. The maximum absolute atomic E-state index is 9.37. The zero-order valence-corrected chi connectivity index (χ0v) is 3.98. The van der Waals surface area contributed by atoms with E-state index in [1.165, 1.54) is 0 Å². The van der Waals surface area contributed by atoms with Crippen molar-refractivity contribution in [2.24, 2.45) is 0 Å². The molecular weight excluding hydrogens is 104 g/mol. The van der Waals surface area contributed by atoms with E-state index in [1.54, 1.807) is 0 Å². The first kappa shape index (κ1) is 5.91. The van der Waals surface area contributed by atoms with Crippen LogP contribution in [0.1, 0.15) is 0 Å². The van der Waals surface area contributed by atoms with Crippen LogP contribution in [0.15, 0.2) is 0 Å². The Morgan fingerprint density at radius 2 is 2.17 bits per heavy atom. The molecule has 4 heteroatoms. The summed E-state index contributed by atoms with van der Waals surface area (Å²) in [5.41, 5.74) is 0. The molecule has 0 fully saturated rings. The second-order valence-electron chi connectivity index (χ2n) is 0.557. The van der Waals surface area contributed by atoms with Gasteiger partial charge in [0, 0.05) is 0 Å². The summed E-state index contributed by atoms with van der Waals surface area (Å²) in [4.78, 5) is 0. The molecule has 0 aromatic carbocycles. The highest BCUT2D eigenvalue weighted by Gasteiger charge is 1.72. The molecule has 6 heavy (non-hydrogen) atoms. The largest absolute Gasteiger partial charge is 0.272 e. The van der Waals surface area contributed by atoms with Gasteiger partial charge in [-0.3, -0.25) is 4.18 Å². The van der Waals surface area contributed by atoms with Crippen LogP contribution in [0, 0.1) is 6.92 Å². The molecule has 37 valence electrons. The van der Waals surface area contributed by atoms with E-state index in [1.807, 2.05) is 0 Å². The van der Waals surface area contributed by atoms with Crippen molar-refractivity contribution in [2.75, 3.05) is 6.61 Å². The molecule has 0 saturated carbocycles. The van der Waals surface area contributed by atoms with Crippen LogP contribution in [0.5, 0.6) is 0 Å². The molecular formula is C2H5O3S. The van der Waals surface area contributed by atoms with Gasteiger partial charge < -0.3 is 0 Å². The summed E-state index contributed by atoms with van der Waals surface area (Å²) in [5.74, 6) is 0. The van der Waals surface area contributed by atoms with Crippen molar-refractivity contribution in [3.05, 3.63) is 6.92 Å². The lowest BCUT2D eigenvalue weighted by atomic mass is 10.9. The number of hydrogen-bond donors (Lipinski definition) is 1. The molecule has 0 rings (SSSR count). The van der Waals surface area contributed by atoms with Gasteiger partial charge >= 0.3 is 0 Å². The molecule has 0 bridgehead atoms. The van der Waals surface area contributed by atoms with Crippen LogP contribution in [0.2, 0.25) is 0 Å². The Balaban J connectivity index is 3.07. The average molecular weight is 109 g/mol. The number of rotatable bonds is 2. The molecule has 0 aliphatic heterocycles. The van der Waals surface area contributed by atoms with Crippen molar-refractivity contribution < 1.29 is 12.6 Å². The molecule has 0 heterocycles. The Hall–Kier alpha value is -0.0900. The van der Waals surface area contributed by atoms with E-state index >= 15 is 0 Å². The second-order valence-corrected chi connectivity index (χ2v) is 1.26. The van der Waals surface area contributed by atoms with Crippen molar-refractivity contribution >= 4 is 11.0 Å². The molecule has 3 nitrogen and oxygen atoms in total. The van der Waals surface area contributed by atoms with Gasteiger partial charge in [-0.15, -0.1) is 0 Å². The van der Waals surface area contributed by atoms with Gasteiger partial charge in [0.1, 0.15) is 0 Å². The first-order valence-electron chi connectivity index (χ1n) is 1.34. The van der Waals surface area contributed by atoms with E-state index in [-0.39, 0.29) is 6.61 Å². The molecule has 0 amide bonds. The van der Waals surface area contributed by atoms with Crippen molar-refractivity contribution in [3.63, 3.8) is 0 Å². The van der Waals surface area contributed by atoms with Gasteiger partial charge in [-0.25, -0.2) is 8.42 Å². The third-order valence-electron chi connectivity index (χ3n) is 0.197. The summed E-state index contributed by atoms with van der Waals surface area (Å²) in [6.07, 6.45) is 0. The monoisotopic (exact) mass is 109 g/mol. The van der Waals surface area contributed by atoms with Crippen molar-refractivity contribution in [3.8, 4) is 0 Å². The van der Waals surface area contributed by atoms with E-state index in [0.717, 1.165) is 0 Å². The molecule has 0 aromatic rings. The maximum Gasteiger partial charge on any atom is 0.257 e. The minimum atomic E-state index is -2.66. The van der Waals surface area contributed by atoms with E-state index in [9.17, 15) is 8.42 Å². The Morgan fingerprint density at radius 1 is 1.67 bits per heavy atom. The normalized spacial score (nSPS) is 9.67. The summed E-state index contributed by atoms with van der Waals surface area (Å²) < 4.78 is 22.6. The van der Waals surface area contributed by atoms with Crippen LogP contribution in [-0.4, -0.2) is 15.0 Å². The molecule has 0 unspecified atom stereocenters. The van der Waals surface area contributed by atoms with Gasteiger partial charge in [0.05, 0.1) is 6.61 Å². The Labute approximate surface area is 38.1 Å². The van der Waals surface area contributed by atoms with E-state index in [4.69, 9.17) is 0 Å². The van der Waals surface area contributed by atoms with E-state index in [2.05, 4.69) is 11.1 Å². The van der Waals surface area contributed by atoms with Crippen LogP contribution in [0.4, 0.5) is 0 Å². The highest BCUT2D eigenvalue weighted by atomic mass is 32.2. The predicted octanol–water partition coefficient (Wildman–Crippen LogP) is -0.637. The van der Waals surface area contributed by atoms with E-state index in [0.29, 0.717) is 0 Å². The van der Waals surface area contributed by atoms with Crippen molar-refractivity contribution in [2.45, 2.75) is 0 Å². The second kappa shape index (κ2) is 3.11. The lowest BCUT2D eigenvalue weighted by molar-refractivity contribution is 0.373. The Kier molecular flexibility index (Phi) is 3.07. The van der Waals surface area contributed by atoms with Gasteiger partial charge in [-0.2, -0.15) is 0 Å². The fourth-order valence-electron chi connectivity index (χ4n) is 0.0745. The molecule has 0 spiro atoms. The molecule has 0 aliphatic rings. The minimum absolute atomic E-state index is 0.0152. The van der Waals surface area contributed by atoms with Crippen LogP contribution in [0.3, 0.4) is 0 Å². The summed E-state index contributed by atoms with van der Waals surface area (Å²) in [6.45, 7) is 3.10. The molecule has 1 radical (unpaired) electrons. The smallest absolute Gasteiger partial charge is 0.257 e. The zero-order valence-electron chi connectivity index (χ0n) is 3.09. The summed E-state index contributed by atoms with van der Waals surface area (Å²) in [6, 6.07) is 0. The third-order valence-corrected chi connectivity index (χ3v) is 0.590. The van der Waals surface area contributed by atoms with Crippen molar-refractivity contribution in [1.82, 2.24) is 0 Å². The fraction of sp³-hybridized carbons (Fsp3) is 0.500. The summed E-state index contributed by atoms with van der Waals surface area (Å²) in [5, 5.41) is 0. The summed E-state index contributed by atoms with van der Waals surface area (Å²) in [7, 11) is -2.66. The van der Waals surface area contributed by atoms with E-state index < -0.39 is 11.0 Å².